The van der Waals surface area contributed by atoms with Gasteiger partial charge in [-0.15, -0.1) is 21.5 Å². The van der Waals surface area contributed by atoms with Gasteiger partial charge in [-0.05, 0) is 24.6 Å². The fraction of sp³-hybridized carbons (Fsp3) is 0.154. The summed E-state index contributed by atoms with van der Waals surface area (Å²) in [5, 5.41) is 9.33. The van der Waals surface area contributed by atoms with Crippen molar-refractivity contribution in [2.24, 2.45) is 0 Å². The lowest BCUT2D eigenvalue weighted by molar-refractivity contribution is 0.304. The van der Waals surface area contributed by atoms with E-state index in [1.54, 1.807) is 11.6 Å². The molecule has 0 bridgehead atoms. The van der Waals surface area contributed by atoms with Crippen LogP contribution < -0.4 is 10.4 Å². The van der Waals surface area contributed by atoms with Crippen LogP contribution in [0.5, 0.6) is 5.75 Å². The van der Waals surface area contributed by atoms with Gasteiger partial charge in [-0.3, -0.25) is 0 Å². The maximum absolute atomic E-state index is 11.3. The molecule has 1 aromatic carbocycles. The minimum absolute atomic E-state index is 0.353. The lowest BCUT2D eigenvalue weighted by atomic mass is 10.1. The fourth-order valence-corrected chi connectivity index (χ4v) is 2.24. The van der Waals surface area contributed by atoms with Gasteiger partial charge in [0.2, 0.25) is 0 Å². The zero-order valence-electron chi connectivity index (χ0n) is 10.1. The molecule has 96 valence electrons. The average Bonchev–Trinajstić information content (AvgIpc) is 2.88. The Morgan fingerprint density at radius 2 is 2.26 bits per heavy atom. The van der Waals surface area contributed by atoms with Crippen molar-refractivity contribution in [3.63, 3.8) is 0 Å². The molecular weight excluding hydrogens is 264 g/mol. The lowest BCUT2D eigenvalue weighted by Gasteiger charge is -2.05. The number of nitrogens with zero attached hydrogens (tertiary/aromatic N) is 2. The van der Waals surface area contributed by atoms with Crippen LogP contribution in [0, 0.1) is 6.92 Å². The highest BCUT2D eigenvalue weighted by Crippen LogP contribution is 2.22. The molecule has 2 heterocycles. The second-order valence-electron chi connectivity index (χ2n) is 4.03. The fourth-order valence-electron chi connectivity index (χ4n) is 1.80. The van der Waals surface area contributed by atoms with Crippen molar-refractivity contribution in [2.75, 3.05) is 0 Å². The Kier molecular flexibility index (Phi) is 3.00. The molecule has 0 aliphatic heterocycles. The van der Waals surface area contributed by atoms with Crippen LogP contribution in [0.25, 0.3) is 11.0 Å². The minimum atomic E-state index is -0.355. The Morgan fingerprint density at radius 3 is 3.05 bits per heavy atom. The summed E-state index contributed by atoms with van der Waals surface area (Å²) in [5.41, 5.74) is 2.72. The molecule has 0 aliphatic carbocycles. The topological polar surface area (TPSA) is 65.2 Å². The second kappa shape index (κ2) is 4.81. The first-order valence-electron chi connectivity index (χ1n) is 5.65. The number of ether oxygens (including phenoxy) is 1. The molecule has 19 heavy (non-hydrogen) atoms. The number of benzene rings is 1. The first-order valence-corrected chi connectivity index (χ1v) is 6.53. The van der Waals surface area contributed by atoms with E-state index in [1.165, 1.54) is 17.4 Å². The van der Waals surface area contributed by atoms with E-state index >= 15 is 0 Å². The minimum Gasteiger partial charge on any atom is -0.486 e. The Labute approximate surface area is 112 Å². The summed E-state index contributed by atoms with van der Waals surface area (Å²) in [6, 6.07) is 6.91. The van der Waals surface area contributed by atoms with Crippen molar-refractivity contribution in [3.8, 4) is 5.75 Å². The highest BCUT2D eigenvalue weighted by atomic mass is 32.1. The smallest absolute Gasteiger partial charge is 0.336 e. The van der Waals surface area contributed by atoms with Crippen LogP contribution in [0.3, 0.4) is 0 Å². The summed E-state index contributed by atoms with van der Waals surface area (Å²) in [5.74, 6) is 0.636. The molecule has 0 radical (unpaired) electrons. The number of hydrogen-bond donors (Lipinski definition) is 0. The van der Waals surface area contributed by atoms with Crippen molar-refractivity contribution < 1.29 is 9.15 Å². The number of rotatable bonds is 3. The summed E-state index contributed by atoms with van der Waals surface area (Å²) >= 11 is 1.43. The predicted molar refractivity (Wildman–Crippen MR) is 71.5 cm³/mol. The molecule has 0 aliphatic rings. The summed E-state index contributed by atoms with van der Waals surface area (Å²) in [7, 11) is 0. The molecule has 0 N–H and O–H groups in total. The molecule has 0 unspecified atom stereocenters. The zero-order valence-corrected chi connectivity index (χ0v) is 10.9. The quantitative estimate of drug-likeness (QED) is 0.687. The van der Waals surface area contributed by atoms with E-state index in [4.69, 9.17) is 9.15 Å². The third kappa shape index (κ3) is 2.48. The molecule has 2 aromatic heterocycles. The molecular formula is C13H10N2O3S. The predicted octanol–water partition coefficient (Wildman–Crippen LogP) is 2.53. The third-order valence-electron chi connectivity index (χ3n) is 2.69. The third-order valence-corrected chi connectivity index (χ3v) is 3.36. The standard InChI is InChI=1S/C13H10N2O3S/c1-8-4-13(16)18-11-5-9(2-3-10(8)11)17-6-12-15-14-7-19-12/h2-5,7H,6H2,1H3. The molecule has 0 fully saturated rings. The van der Waals surface area contributed by atoms with Gasteiger partial charge in [-0.25, -0.2) is 4.79 Å². The van der Waals surface area contributed by atoms with Crippen LogP contribution in [-0.4, -0.2) is 10.2 Å². The van der Waals surface area contributed by atoms with Crippen LogP contribution in [0.4, 0.5) is 0 Å². The highest BCUT2D eigenvalue weighted by Gasteiger charge is 2.05. The maximum atomic E-state index is 11.3. The highest BCUT2D eigenvalue weighted by molar-refractivity contribution is 7.09. The van der Waals surface area contributed by atoms with Gasteiger partial charge in [0.25, 0.3) is 0 Å². The van der Waals surface area contributed by atoms with Gasteiger partial charge in [-0.1, -0.05) is 0 Å². The van der Waals surface area contributed by atoms with E-state index in [1.807, 2.05) is 19.1 Å². The largest absolute Gasteiger partial charge is 0.486 e. The van der Waals surface area contributed by atoms with E-state index in [0.717, 1.165) is 16.0 Å². The number of fused-ring (bicyclic) bond motifs is 1. The molecule has 3 aromatic rings. The van der Waals surface area contributed by atoms with Crippen molar-refractivity contribution >= 4 is 22.3 Å². The van der Waals surface area contributed by atoms with Crippen molar-refractivity contribution in [1.29, 1.82) is 0 Å². The maximum Gasteiger partial charge on any atom is 0.336 e. The van der Waals surface area contributed by atoms with Crippen LogP contribution >= 0.6 is 11.3 Å². The van der Waals surface area contributed by atoms with Gasteiger partial charge >= 0.3 is 5.63 Å². The lowest BCUT2D eigenvalue weighted by Crippen LogP contribution is -1.99. The monoisotopic (exact) mass is 274 g/mol. The van der Waals surface area contributed by atoms with Gasteiger partial charge in [0, 0.05) is 17.5 Å². The second-order valence-corrected chi connectivity index (χ2v) is 4.95. The van der Waals surface area contributed by atoms with Crippen LogP contribution in [0.1, 0.15) is 10.6 Å². The summed E-state index contributed by atoms with van der Waals surface area (Å²) in [4.78, 5) is 11.3. The van der Waals surface area contributed by atoms with E-state index in [-0.39, 0.29) is 5.63 Å². The van der Waals surface area contributed by atoms with Crippen molar-refractivity contribution in [1.82, 2.24) is 10.2 Å². The summed E-state index contributed by atoms with van der Waals surface area (Å²) in [6.45, 7) is 2.23. The van der Waals surface area contributed by atoms with Crippen molar-refractivity contribution in [2.45, 2.75) is 13.5 Å². The van der Waals surface area contributed by atoms with Gasteiger partial charge in [0.15, 0.2) is 5.01 Å². The first-order chi connectivity index (χ1) is 9.22. The van der Waals surface area contributed by atoms with Crippen LogP contribution in [0.15, 0.2) is 39.0 Å². The Morgan fingerprint density at radius 1 is 1.37 bits per heavy atom. The van der Waals surface area contributed by atoms with E-state index in [9.17, 15) is 4.79 Å². The zero-order chi connectivity index (χ0) is 13.2. The van der Waals surface area contributed by atoms with Crippen LogP contribution in [-0.2, 0) is 6.61 Å². The average molecular weight is 274 g/mol. The molecule has 0 atom stereocenters. The molecule has 6 heteroatoms. The van der Waals surface area contributed by atoms with E-state index < -0.39 is 0 Å². The first kappa shape index (κ1) is 11.9. The molecule has 0 saturated heterocycles. The molecule has 0 amide bonds. The molecule has 0 spiro atoms. The van der Waals surface area contributed by atoms with Gasteiger partial charge in [0.05, 0.1) is 0 Å². The van der Waals surface area contributed by atoms with Gasteiger partial charge in [0.1, 0.15) is 23.4 Å². The number of aryl methyl sites for hydroxylation is 1. The molecule has 5 nitrogen and oxygen atoms in total. The normalized spacial score (nSPS) is 10.8. The van der Waals surface area contributed by atoms with Gasteiger partial charge < -0.3 is 9.15 Å². The summed E-state index contributed by atoms with van der Waals surface area (Å²) in [6.07, 6.45) is 0. The Balaban J connectivity index is 1.91. The molecule has 0 saturated carbocycles. The summed E-state index contributed by atoms with van der Waals surface area (Å²) < 4.78 is 10.7. The molecule has 3 rings (SSSR count). The Hall–Kier alpha value is -2.21. The van der Waals surface area contributed by atoms with Gasteiger partial charge in [-0.2, -0.15) is 0 Å². The SMILES string of the molecule is Cc1cc(=O)oc2cc(OCc3nncs3)ccc12. The number of hydrogen-bond acceptors (Lipinski definition) is 6. The van der Waals surface area contributed by atoms with E-state index in [2.05, 4.69) is 10.2 Å². The van der Waals surface area contributed by atoms with Crippen LogP contribution in [0.2, 0.25) is 0 Å². The Bertz CT molecular complexity index is 765. The van der Waals surface area contributed by atoms with Crippen molar-refractivity contribution in [3.05, 3.63) is 50.8 Å². The van der Waals surface area contributed by atoms with E-state index in [0.29, 0.717) is 17.9 Å². The number of aromatic nitrogens is 2.